The molecule has 3 aromatic rings. The molecule has 0 spiro atoms. The van der Waals surface area contributed by atoms with Gasteiger partial charge in [-0.3, -0.25) is 15.1 Å². The van der Waals surface area contributed by atoms with Crippen LogP contribution in [0, 0.1) is 0 Å². The smallest absolute Gasteiger partial charge is 0.232 e. The zero-order chi connectivity index (χ0) is 18.4. The minimum Gasteiger partial charge on any atom is -0.497 e. The Bertz CT molecular complexity index is 829. The molecule has 0 bridgehead atoms. The van der Waals surface area contributed by atoms with E-state index in [0.717, 1.165) is 17.7 Å². The Morgan fingerprint density at radius 3 is 2.38 bits per heavy atom. The number of nitrogens with zero attached hydrogens (tertiary/aromatic N) is 4. The lowest BCUT2D eigenvalue weighted by atomic mass is 9.96. The minimum atomic E-state index is -0.570. The number of benzene rings is 2. The highest BCUT2D eigenvalue weighted by Crippen LogP contribution is 2.21. The number of carbonyl (C=O) groups excluding carboxylic acids is 1. The maximum atomic E-state index is 12.8. The number of rotatable bonds is 7. The molecular formula is C19H20N5O2-. The van der Waals surface area contributed by atoms with Crippen molar-refractivity contribution in [3.05, 3.63) is 65.5 Å². The topological polar surface area (TPSA) is 91.1 Å². The zero-order valence-corrected chi connectivity index (χ0v) is 14.7. The molecule has 0 aliphatic heterocycles. The molecule has 2 aromatic carbocycles. The van der Waals surface area contributed by atoms with Crippen LogP contribution in [-0.4, -0.2) is 28.5 Å². The Morgan fingerprint density at radius 1 is 1.12 bits per heavy atom. The number of carbonyl (C=O) groups is 1. The van der Waals surface area contributed by atoms with E-state index in [1.807, 2.05) is 12.1 Å². The number of nitrogens with one attached hydrogen (secondary N) is 1. The van der Waals surface area contributed by atoms with Crippen molar-refractivity contribution >= 4 is 11.6 Å². The predicted octanol–water partition coefficient (Wildman–Crippen LogP) is 2.36. The molecule has 0 fully saturated rings. The van der Waals surface area contributed by atoms with Crippen LogP contribution in [0.3, 0.4) is 0 Å². The number of ether oxygens (including phenoxy) is 1. The molecule has 0 unspecified atom stereocenters. The fourth-order valence-electron chi connectivity index (χ4n) is 2.64. The lowest BCUT2D eigenvalue weighted by molar-refractivity contribution is -0.117. The van der Waals surface area contributed by atoms with Gasteiger partial charge in [0.1, 0.15) is 5.75 Å². The fourth-order valence-corrected chi connectivity index (χ4v) is 2.64. The summed E-state index contributed by atoms with van der Waals surface area (Å²) in [6.45, 7) is 2.11. The molecule has 7 heteroatoms. The highest BCUT2D eigenvalue weighted by molar-refractivity contribution is 5.95. The molecule has 0 radical (unpaired) electrons. The molecule has 1 N–H and O–H groups in total. The van der Waals surface area contributed by atoms with Crippen LogP contribution < -0.4 is 15.2 Å². The van der Waals surface area contributed by atoms with Crippen LogP contribution in [-0.2, 0) is 17.6 Å². The number of aryl methyl sites for hydroxylation is 1. The molecular weight excluding hydrogens is 330 g/mol. The summed E-state index contributed by atoms with van der Waals surface area (Å²) in [4.78, 5) is 12.8. The zero-order valence-electron chi connectivity index (χ0n) is 14.7. The predicted molar refractivity (Wildman–Crippen MR) is 97.0 cm³/mol. The van der Waals surface area contributed by atoms with Crippen LogP contribution >= 0.6 is 0 Å². The summed E-state index contributed by atoms with van der Waals surface area (Å²) in [6.07, 6.45) is 1.45. The Hall–Kier alpha value is -3.22. The first-order valence-electron chi connectivity index (χ1n) is 8.41. The molecule has 1 atom stereocenters. The maximum Gasteiger partial charge on any atom is 0.232 e. The lowest BCUT2D eigenvalue weighted by Gasteiger charge is -2.17. The van der Waals surface area contributed by atoms with Crippen molar-refractivity contribution in [2.45, 2.75) is 25.7 Å². The van der Waals surface area contributed by atoms with E-state index in [0.29, 0.717) is 17.9 Å². The normalized spacial score (nSPS) is 11.8. The van der Waals surface area contributed by atoms with E-state index in [1.54, 1.807) is 31.4 Å². The summed E-state index contributed by atoms with van der Waals surface area (Å²) in [5.74, 6) is 0.267. The van der Waals surface area contributed by atoms with Crippen LogP contribution in [0.1, 0.15) is 29.8 Å². The van der Waals surface area contributed by atoms with Gasteiger partial charge in [-0.1, -0.05) is 31.2 Å². The summed E-state index contributed by atoms with van der Waals surface area (Å²) in [7, 11) is 1.60. The van der Waals surface area contributed by atoms with E-state index in [1.165, 1.54) is 5.56 Å². The summed E-state index contributed by atoms with van der Waals surface area (Å²) < 4.78 is 5.13. The summed E-state index contributed by atoms with van der Waals surface area (Å²) >= 11 is 0. The van der Waals surface area contributed by atoms with Crippen molar-refractivity contribution in [1.82, 2.24) is 20.6 Å². The molecule has 0 aliphatic rings. The number of aromatic nitrogens is 4. The molecule has 7 nitrogen and oxygen atoms in total. The SMILES string of the molecule is CCc1ccc(C[C@@H](C(=O)Nc2ccc(OC)cc2)c2nnn[n-]2)cc1. The van der Waals surface area contributed by atoms with Gasteiger partial charge in [0, 0.05) is 11.5 Å². The number of tetrazole rings is 1. The van der Waals surface area contributed by atoms with E-state index in [9.17, 15) is 4.79 Å². The minimum absolute atomic E-state index is 0.204. The molecule has 3 rings (SSSR count). The third-order valence-electron chi connectivity index (χ3n) is 4.19. The van der Waals surface area contributed by atoms with Gasteiger partial charge in [-0.25, -0.2) is 0 Å². The van der Waals surface area contributed by atoms with Crippen molar-refractivity contribution in [3.63, 3.8) is 0 Å². The number of methoxy groups -OCH3 is 1. The first-order valence-corrected chi connectivity index (χ1v) is 8.41. The van der Waals surface area contributed by atoms with E-state index < -0.39 is 5.92 Å². The highest BCUT2D eigenvalue weighted by Gasteiger charge is 2.21. The Morgan fingerprint density at radius 2 is 1.81 bits per heavy atom. The van der Waals surface area contributed by atoms with Crippen molar-refractivity contribution in [3.8, 4) is 5.75 Å². The van der Waals surface area contributed by atoms with Crippen molar-refractivity contribution < 1.29 is 9.53 Å². The van der Waals surface area contributed by atoms with Crippen molar-refractivity contribution in [2.75, 3.05) is 12.4 Å². The Balaban J connectivity index is 1.77. The van der Waals surface area contributed by atoms with Gasteiger partial charge in [-0.05, 0) is 48.2 Å². The molecule has 26 heavy (non-hydrogen) atoms. The first-order chi connectivity index (χ1) is 12.7. The number of hydrogen-bond donors (Lipinski definition) is 1. The van der Waals surface area contributed by atoms with Gasteiger partial charge in [-0.2, -0.15) is 5.21 Å². The Kier molecular flexibility index (Phi) is 5.58. The van der Waals surface area contributed by atoms with Crippen LogP contribution in [0.5, 0.6) is 5.75 Å². The second-order valence-corrected chi connectivity index (χ2v) is 5.88. The van der Waals surface area contributed by atoms with Crippen LogP contribution in [0.4, 0.5) is 5.69 Å². The summed E-state index contributed by atoms with van der Waals surface area (Å²) in [5, 5.41) is 17.7. The van der Waals surface area contributed by atoms with Crippen LogP contribution in [0.25, 0.3) is 0 Å². The van der Waals surface area contributed by atoms with Gasteiger partial charge in [0.25, 0.3) is 0 Å². The highest BCUT2D eigenvalue weighted by atomic mass is 16.5. The third kappa shape index (κ3) is 4.24. The van der Waals surface area contributed by atoms with Crippen molar-refractivity contribution in [2.24, 2.45) is 0 Å². The first kappa shape index (κ1) is 17.6. The number of amides is 1. The fraction of sp³-hybridized carbons (Fsp3) is 0.263. The second kappa shape index (κ2) is 8.24. The summed E-state index contributed by atoms with van der Waals surface area (Å²) in [5.41, 5.74) is 2.96. The number of hydrogen-bond acceptors (Lipinski definition) is 5. The van der Waals surface area contributed by atoms with Gasteiger partial charge in [0.05, 0.1) is 13.0 Å². The lowest BCUT2D eigenvalue weighted by Crippen LogP contribution is -2.24. The van der Waals surface area contributed by atoms with Gasteiger partial charge < -0.3 is 15.2 Å². The van der Waals surface area contributed by atoms with Crippen LogP contribution in [0.2, 0.25) is 0 Å². The monoisotopic (exact) mass is 350 g/mol. The molecule has 0 saturated heterocycles. The van der Waals surface area contributed by atoms with Gasteiger partial charge >= 0.3 is 0 Å². The molecule has 1 amide bonds. The van der Waals surface area contributed by atoms with Gasteiger partial charge in [0.2, 0.25) is 5.91 Å². The maximum absolute atomic E-state index is 12.8. The third-order valence-corrected chi connectivity index (χ3v) is 4.19. The van der Waals surface area contributed by atoms with E-state index in [-0.39, 0.29) is 5.91 Å². The van der Waals surface area contributed by atoms with E-state index >= 15 is 0 Å². The molecule has 0 aliphatic carbocycles. The van der Waals surface area contributed by atoms with E-state index in [4.69, 9.17) is 4.74 Å². The Labute approximate surface area is 151 Å². The second-order valence-electron chi connectivity index (χ2n) is 5.88. The average Bonchev–Trinajstić information content (AvgIpc) is 3.21. The molecule has 1 heterocycles. The van der Waals surface area contributed by atoms with Crippen molar-refractivity contribution in [1.29, 1.82) is 0 Å². The van der Waals surface area contributed by atoms with Gasteiger partial charge in [0.15, 0.2) is 0 Å². The molecule has 1 aromatic heterocycles. The van der Waals surface area contributed by atoms with Crippen LogP contribution in [0.15, 0.2) is 48.5 Å². The van der Waals surface area contributed by atoms with E-state index in [2.05, 4.69) is 45.0 Å². The average molecular weight is 350 g/mol. The molecule has 0 saturated carbocycles. The van der Waals surface area contributed by atoms with Gasteiger partial charge in [-0.15, -0.1) is 0 Å². The standard InChI is InChI=1S/C19H21N5O2/c1-3-13-4-6-14(7-5-13)12-17(18-21-23-24-22-18)19(25)20-15-8-10-16(26-2)11-9-15/h4-11,17H,3,12H2,1-2H3,(H2,20,21,22,23,24,25)/p-1/t17-/m1/s1. The summed E-state index contributed by atoms with van der Waals surface area (Å²) in [6, 6.07) is 15.3. The largest absolute Gasteiger partial charge is 0.497 e. The molecule has 134 valence electrons. The number of anilines is 1. The quantitative estimate of drug-likeness (QED) is 0.703.